The lowest BCUT2D eigenvalue weighted by atomic mass is 10.2. The number of hydrogen-bond donors (Lipinski definition) is 1. The van der Waals surface area contributed by atoms with Gasteiger partial charge in [-0.25, -0.2) is 0 Å². The molecule has 3 aromatic rings. The van der Waals surface area contributed by atoms with Gasteiger partial charge in [-0.2, -0.15) is 4.98 Å². The van der Waals surface area contributed by atoms with Crippen molar-refractivity contribution in [3.63, 3.8) is 0 Å². The Morgan fingerprint density at radius 1 is 1.15 bits per heavy atom. The number of oxazole rings is 1. The van der Waals surface area contributed by atoms with Crippen molar-refractivity contribution in [2.75, 3.05) is 12.4 Å². The maximum absolute atomic E-state index is 5.64. The summed E-state index contributed by atoms with van der Waals surface area (Å²) in [6.07, 6.45) is 0. The van der Waals surface area contributed by atoms with Gasteiger partial charge in [0, 0.05) is 6.54 Å². The minimum absolute atomic E-state index is 0.543. The van der Waals surface area contributed by atoms with Crippen LogP contribution in [0.15, 0.2) is 46.9 Å². The van der Waals surface area contributed by atoms with Crippen LogP contribution < -0.4 is 10.1 Å². The molecule has 0 bridgehead atoms. The van der Waals surface area contributed by atoms with Crippen molar-refractivity contribution >= 4 is 17.1 Å². The third kappa shape index (κ3) is 2.59. The fraction of sp³-hybridized carbons (Fsp3) is 0.188. The number of methoxy groups -OCH3 is 1. The molecule has 1 aromatic heterocycles. The van der Waals surface area contributed by atoms with Gasteiger partial charge in [0.15, 0.2) is 5.58 Å². The van der Waals surface area contributed by atoms with Crippen LogP contribution in [-0.2, 0) is 6.54 Å². The third-order valence-electron chi connectivity index (χ3n) is 3.15. The summed E-state index contributed by atoms with van der Waals surface area (Å²) in [5, 5.41) is 3.19. The van der Waals surface area contributed by atoms with Gasteiger partial charge in [-0.15, -0.1) is 0 Å². The molecule has 3 rings (SSSR count). The SMILES string of the molecule is COc1ccc(CNc2nc3cc(C)ccc3o2)cc1. The number of ether oxygens (including phenoxy) is 1. The number of hydrogen-bond acceptors (Lipinski definition) is 4. The van der Waals surface area contributed by atoms with E-state index in [2.05, 4.69) is 10.3 Å². The number of aryl methyl sites for hydroxylation is 1. The number of fused-ring (bicyclic) bond motifs is 1. The predicted octanol–water partition coefficient (Wildman–Crippen LogP) is 3.76. The predicted molar refractivity (Wildman–Crippen MR) is 79.1 cm³/mol. The van der Waals surface area contributed by atoms with Gasteiger partial charge in [-0.3, -0.25) is 0 Å². The minimum Gasteiger partial charge on any atom is -0.497 e. The van der Waals surface area contributed by atoms with E-state index >= 15 is 0 Å². The van der Waals surface area contributed by atoms with E-state index < -0.39 is 0 Å². The Morgan fingerprint density at radius 2 is 1.95 bits per heavy atom. The summed E-state index contributed by atoms with van der Waals surface area (Å²) in [5.41, 5.74) is 3.99. The second kappa shape index (κ2) is 5.25. The Morgan fingerprint density at radius 3 is 2.70 bits per heavy atom. The van der Waals surface area contributed by atoms with Gasteiger partial charge in [0.1, 0.15) is 11.3 Å². The molecular weight excluding hydrogens is 252 g/mol. The molecule has 0 aliphatic carbocycles. The van der Waals surface area contributed by atoms with E-state index in [1.54, 1.807) is 7.11 Å². The molecule has 0 saturated heterocycles. The summed E-state index contributed by atoms with van der Waals surface area (Å²) in [4.78, 5) is 4.42. The summed E-state index contributed by atoms with van der Waals surface area (Å²) in [5.74, 6) is 0.853. The first kappa shape index (κ1) is 12.5. The van der Waals surface area contributed by atoms with Crippen molar-refractivity contribution in [1.82, 2.24) is 4.98 Å². The van der Waals surface area contributed by atoms with E-state index in [9.17, 15) is 0 Å². The van der Waals surface area contributed by atoms with Crippen LogP contribution in [0.5, 0.6) is 5.75 Å². The summed E-state index contributed by atoms with van der Waals surface area (Å²) in [6, 6.07) is 14.4. The number of anilines is 1. The highest BCUT2D eigenvalue weighted by molar-refractivity contribution is 5.75. The monoisotopic (exact) mass is 268 g/mol. The van der Waals surface area contributed by atoms with Crippen LogP contribution in [0.3, 0.4) is 0 Å². The lowest BCUT2D eigenvalue weighted by Crippen LogP contribution is -1.99. The largest absolute Gasteiger partial charge is 0.497 e. The molecule has 0 aliphatic rings. The summed E-state index contributed by atoms with van der Waals surface area (Å²) in [6.45, 7) is 2.70. The molecule has 0 unspecified atom stereocenters. The van der Waals surface area contributed by atoms with Gasteiger partial charge < -0.3 is 14.5 Å². The molecular formula is C16H16N2O2. The summed E-state index contributed by atoms with van der Waals surface area (Å²) >= 11 is 0. The van der Waals surface area contributed by atoms with Crippen molar-refractivity contribution < 1.29 is 9.15 Å². The molecule has 2 aromatic carbocycles. The first-order valence-corrected chi connectivity index (χ1v) is 6.48. The zero-order valence-electron chi connectivity index (χ0n) is 11.5. The Bertz CT molecular complexity index is 717. The smallest absolute Gasteiger partial charge is 0.295 e. The molecule has 4 heteroatoms. The molecule has 102 valence electrons. The first-order chi connectivity index (χ1) is 9.74. The lowest BCUT2D eigenvalue weighted by molar-refractivity contribution is 0.414. The molecule has 0 aliphatic heterocycles. The second-order valence-electron chi connectivity index (χ2n) is 4.69. The van der Waals surface area contributed by atoms with Crippen LogP contribution in [0.2, 0.25) is 0 Å². The maximum Gasteiger partial charge on any atom is 0.295 e. The highest BCUT2D eigenvalue weighted by Gasteiger charge is 2.05. The fourth-order valence-corrected chi connectivity index (χ4v) is 2.03. The third-order valence-corrected chi connectivity index (χ3v) is 3.15. The highest BCUT2D eigenvalue weighted by atomic mass is 16.5. The number of rotatable bonds is 4. The molecule has 0 atom stereocenters. The zero-order valence-corrected chi connectivity index (χ0v) is 11.5. The standard InChI is InChI=1S/C16H16N2O2/c1-11-3-8-15-14(9-11)18-16(20-15)17-10-12-4-6-13(19-2)7-5-12/h3-9H,10H2,1-2H3,(H,17,18). The molecule has 0 radical (unpaired) electrons. The van der Waals surface area contributed by atoms with Gasteiger partial charge in [-0.1, -0.05) is 18.2 Å². The number of benzene rings is 2. The van der Waals surface area contributed by atoms with Crippen molar-refractivity contribution in [1.29, 1.82) is 0 Å². The molecule has 0 fully saturated rings. The Kier molecular flexibility index (Phi) is 3.29. The van der Waals surface area contributed by atoms with E-state index in [0.29, 0.717) is 12.6 Å². The normalized spacial score (nSPS) is 10.7. The van der Waals surface area contributed by atoms with Gasteiger partial charge in [-0.05, 0) is 42.3 Å². The molecule has 1 N–H and O–H groups in total. The number of nitrogens with zero attached hydrogens (tertiary/aromatic N) is 1. The number of aromatic nitrogens is 1. The van der Waals surface area contributed by atoms with Crippen LogP contribution in [-0.4, -0.2) is 12.1 Å². The molecule has 4 nitrogen and oxygen atoms in total. The van der Waals surface area contributed by atoms with Crippen LogP contribution in [0.25, 0.3) is 11.1 Å². The Balaban J connectivity index is 1.72. The van der Waals surface area contributed by atoms with Crippen molar-refractivity contribution in [2.24, 2.45) is 0 Å². The molecule has 0 saturated carbocycles. The quantitative estimate of drug-likeness (QED) is 0.782. The van der Waals surface area contributed by atoms with Gasteiger partial charge in [0.25, 0.3) is 6.01 Å². The first-order valence-electron chi connectivity index (χ1n) is 6.48. The van der Waals surface area contributed by atoms with Gasteiger partial charge in [0.05, 0.1) is 7.11 Å². The number of nitrogens with one attached hydrogen (secondary N) is 1. The fourth-order valence-electron chi connectivity index (χ4n) is 2.03. The Hall–Kier alpha value is -2.49. The average Bonchev–Trinajstić information content (AvgIpc) is 2.87. The van der Waals surface area contributed by atoms with Crippen molar-refractivity contribution in [3.8, 4) is 5.75 Å². The topological polar surface area (TPSA) is 47.3 Å². The van der Waals surface area contributed by atoms with Crippen LogP contribution >= 0.6 is 0 Å². The van der Waals surface area contributed by atoms with E-state index in [-0.39, 0.29) is 0 Å². The second-order valence-corrected chi connectivity index (χ2v) is 4.69. The van der Waals surface area contributed by atoms with Crippen LogP contribution in [0, 0.1) is 6.92 Å². The highest BCUT2D eigenvalue weighted by Crippen LogP contribution is 2.20. The summed E-state index contributed by atoms with van der Waals surface area (Å²) < 4.78 is 10.8. The van der Waals surface area contributed by atoms with Crippen molar-refractivity contribution in [3.05, 3.63) is 53.6 Å². The van der Waals surface area contributed by atoms with E-state index in [1.165, 1.54) is 5.56 Å². The average molecular weight is 268 g/mol. The molecule has 20 heavy (non-hydrogen) atoms. The maximum atomic E-state index is 5.64. The van der Waals surface area contributed by atoms with E-state index in [4.69, 9.17) is 9.15 Å². The van der Waals surface area contributed by atoms with Gasteiger partial charge >= 0.3 is 0 Å². The zero-order chi connectivity index (χ0) is 13.9. The molecule has 0 amide bonds. The molecule has 0 spiro atoms. The van der Waals surface area contributed by atoms with Crippen molar-refractivity contribution in [2.45, 2.75) is 13.5 Å². The van der Waals surface area contributed by atoms with E-state index in [1.807, 2.05) is 49.4 Å². The summed E-state index contributed by atoms with van der Waals surface area (Å²) in [7, 11) is 1.66. The van der Waals surface area contributed by atoms with Gasteiger partial charge in [0.2, 0.25) is 0 Å². The van der Waals surface area contributed by atoms with E-state index in [0.717, 1.165) is 22.4 Å². The van der Waals surface area contributed by atoms with Crippen LogP contribution in [0.1, 0.15) is 11.1 Å². The molecule has 1 heterocycles. The van der Waals surface area contributed by atoms with Crippen LogP contribution in [0.4, 0.5) is 6.01 Å². The Labute approximate surface area is 117 Å². The lowest BCUT2D eigenvalue weighted by Gasteiger charge is -2.03. The minimum atomic E-state index is 0.543.